The Bertz CT molecular complexity index is 654. The Kier molecular flexibility index (Phi) is 3.23. The number of aromatic nitrogens is 2. The van der Waals surface area contributed by atoms with E-state index in [0.717, 1.165) is 16.8 Å². The summed E-state index contributed by atoms with van der Waals surface area (Å²) in [4.78, 5) is 11.9. The van der Waals surface area contributed by atoms with Gasteiger partial charge in [0.1, 0.15) is 5.60 Å². The number of nitrogens with zero attached hydrogens (tertiary/aromatic N) is 2. The van der Waals surface area contributed by atoms with Crippen molar-refractivity contribution in [3.05, 3.63) is 30.0 Å². The predicted molar refractivity (Wildman–Crippen MR) is 66.4 cm³/mol. The van der Waals surface area contributed by atoms with Crippen LogP contribution in [0.2, 0.25) is 0 Å². The second-order valence-electron chi connectivity index (χ2n) is 5.31. The number of ether oxygens (including phenoxy) is 1. The molecule has 7 heteroatoms. The number of benzene rings is 1. The maximum absolute atomic E-state index is 12.7. The van der Waals surface area contributed by atoms with Crippen LogP contribution in [-0.4, -0.2) is 21.5 Å². The topological polar surface area (TPSA) is 44.1 Å². The number of rotatable bonds is 0. The van der Waals surface area contributed by atoms with Crippen LogP contribution in [0.4, 0.5) is 18.0 Å². The molecule has 0 saturated heterocycles. The van der Waals surface area contributed by atoms with E-state index in [1.165, 1.54) is 12.3 Å². The first-order chi connectivity index (χ1) is 9.08. The Labute approximate surface area is 113 Å². The van der Waals surface area contributed by atoms with Crippen LogP contribution in [-0.2, 0) is 10.9 Å². The van der Waals surface area contributed by atoms with Crippen LogP contribution < -0.4 is 0 Å². The second kappa shape index (κ2) is 4.50. The van der Waals surface area contributed by atoms with E-state index < -0.39 is 23.4 Å². The predicted octanol–water partition coefficient (Wildman–Crippen LogP) is 3.84. The van der Waals surface area contributed by atoms with Gasteiger partial charge < -0.3 is 4.74 Å². The molecular weight excluding hydrogens is 273 g/mol. The Morgan fingerprint density at radius 3 is 2.45 bits per heavy atom. The van der Waals surface area contributed by atoms with E-state index in [0.29, 0.717) is 5.39 Å². The summed E-state index contributed by atoms with van der Waals surface area (Å²) >= 11 is 0. The highest BCUT2D eigenvalue weighted by Crippen LogP contribution is 2.31. The highest BCUT2D eigenvalue weighted by molar-refractivity contribution is 5.88. The Hall–Kier alpha value is -2.05. The monoisotopic (exact) mass is 286 g/mol. The van der Waals surface area contributed by atoms with E-state index in [1.807, 2.05) is 0 Å². The first-order valence-electron chi connectivity index (χ1n) is 5.86. The van der Waals surface area contributed by atoms with Crippen LogP contribution in [0.15, 0.2) is 24.4 Å². The third kappa shape index (κ3) is 2.92. The lowest BCUT2D eigenvalue weighted by Gasteiger charge is -2.19. The minimum Gasteiger partial charge on any atom is -0.442 e. The van der Waals surface area contributed by atoms with Gasteiger partial charge in [-0.1, -0.05) is 6.07 Å². The Morgan fingerprint density at radius 2 is 1.90 bits per heavy atom. The number of alkyl halides is 3. The molecule has 0 amide bonds. The van der Waals surface area contributed by atoms with Crippen LogP contribution in [0.3, 0.4) is 0 Å². The molecule has 1 aromatic heterocycles. The van der Waals surface area contributed by atoms with Crippen molar-refractivity contribution in [3.8, 4) is 0 Å². The first-order valence-corrected chi connectivity index (χ1v) is 5.86. The van der Waals surface area contributed by atoms with E-state index in [4.69, 9.17) is 4.74 Å². The van der Waals surface area contributed by atoms with Gasteiger partial charge in [-0.15, -0.1) is 0 Å². The minimum absolute atomic E-state index is 0.0640. The zero-order valence-electron chi connectivity index (χ0n) is 11.2. The van der Waals surface area contributed by atoms with Gasteiger partial charge in [0.25, 0.3) is 0 Å². The molecule has 1 aromatic carbocycles. The number of fused-ring (bicyclic) bond motifs is 1. The van der Waals surface area contributed by atoms with Crippen LogP contribution in [0.1, 0.15) is 26.3 Å². The second-order valence-corrected chi connectivity index (χ2v) is 5.31. The maximum Gasteiger partial charge on any atom is 0.435 e. The molecule has 2 aromatic rings. The fourth-order valence-corrected chi connectivity index (χ4v) is 1.65. The summed E-state index contributed by atoms with van der Waals surface area (Å²) in [5, 5.41) is 4.21. The van der Waals surface area contributed by atoms with Gasteiger partial charge in [0.15, 0.2) is 0 Å². The molecule has 20 heavy (non-hydrogen) atoms. The maximum atomic E-state index is 12.7. The summed E-state index contributed by atoms with van der Waals surface area (Å²) in [6, 6.07) is 3.10. The van der Waals surface area contributed by atoms with Crippen molar-refractivity contribution in [2.75, 3.05) is 0 Å². The van der Waals surface area contributed by atoms with Crippen molar-refractivity contribution < 1.29 is 22.7 Å². The lowest BCUT2D eigenvalue weighted by atomic mass is 10.1. The van der Waals surface area contributed by atoms with Crippen molar-refractivity contribution in [3.63, 3.8) is 0 Å². The molecular formula is C13H13F3N2O2. The van der Waals surface area contributed by atoms with Crippen molar-refractivity contribution >= 4 is 17.0 Å². The van der Waals surface area contributed by atoms with E-state index >= 15 is 0 Å². The smallest absolute Gasteiger partial charge is 0.435 e. The molecule has 0 N–H and O–H groups in total. The van der Waals surface area contributed by atoms with E-state index in [1.54, 1.807) is 20.8 Å². The van der Waals surface area contributed by atoms with Crippen LogP contribution >= 0.6 is 0 Å². The van der Waals surface area contributed by atoms with Gasteiger partial charge in [-0.05, 0) is 32.9 Å². The SMILES string of the molecule is CC(C)(C)OC(=O)n1ncc2ccc(C(F)(F)F)cc21. The number of carbonyl (C=O) groups is 1. The summed E-state index contributed by atoms with van der Waals surface area (Å²) in [5.41, 5.74) is -1.53. The summed E-state index contributed by atoms with van der Waals surface area (Å²) in [7, 11) is 0. The molecule has 0 bridgehead atoms. The van der Waals surface area contributed by atoms with Gasteiger partial charge in [0.2, 0.25) is 0 Å². The zero-order valence-corrected chi connectivity index (χ0v) is 11.2. The molecule has 2 rings (SSSR count). The normalized spacial score (nSPS) is 12.7. The van der Waals surface area contributed by atoms with Gasteiger partial charge in [0, 0.05) is 5.39 Å². The number of hydrogen-bond acceptors (Lipinski definition) is 3. The standard InChI is InChI=1S/C13H13F3N2O2/c1-12(2,3)20-11(19)18-10-6-9(13(14,15)16)5-4-8(10)7-17-18/h4-7H,1-3H3. The van der Waals surface area contributed by atoms with Gasteiger partial charge in [-0.3, -0.25) is 0 Å². The zero-order chi connectivity index (χ0) is 15.1. The van der Waals surface area contributed by atoms with E-state index in [-0.39, 0.29) is 5.52 Å². The summed E-state index contributed by atoms with van der Waals surface area (Å²) in [6.07, 6.45) is -3.97. The van der Waals surface area contributed by atoms with E-state index in [9.17, 15) is 18.0 Å². The first kappa shape index (κ1) is 14.4. The van der Waals surface area contributed by atoms with Gasteiger partial charge in [-0.2, -0.15) is 23.0 Å². The fourth-order valence-electron chi connectivity index (χ4n) is 1.65. The van der Waals surface area contributed by atoms with Gasteiger partial charge in [-0.25, -0.2) is 4.79 Å². The summed E-state index contributed by atoms with van der Waals surface area (Å²) < 4.78 is 44.0. The summed E-state index contributed by atoms with van der Waals surface area (Å²) in [6.45, 7) is 4.99. The van der Waals surface area contributed by atoms with Crippen molar-refractivity contribution in [1.29, 1.82) is 0 Å². The molecule has 1 heterocycles. The number of halogens is 3. The third-order valence-electron chi connectivity index (χ3n) is 2.46. The van der Waals surface area contributed by atoms with Crippen molar-refractivity contribution in [2.24, 2.45) is 0 Å². The van der Waals surface area contributed by atoms with Gasteiger partial charge in [0.05, 0.1) is 17.3 Å². The Morgan fingerprint density at radius 1 is 1.25 bits per heavy atom. The molecule has 0 saturated carbocycles. The molecule has 4 nitrogen and oxygen atoms in total. The average molecular weight is 286 g/mol. The lowest BCUT2D eigenvalue weighted by molar-refractivity contribution is -0.137. The molecule has 0 aliphatic rings. The summed E-state index contributed by atoms with van der Waals surface area (Å²) in [5.74, 6) is 0. The molecule has 0 unspecified atom stereocenters. The lowest BCUT2D eigenvalue weighted by Crippen LogP contribution is -2.27. The highest BCUT2D eigenvalue weighted by atomic mass is 19.4. The van der Waals surface area contributed by atoms with Crippen LogP contribution in [0.5, 0.6) is 0 Å². The molecule has 0 fully saturated rings. The van der Waals surface area contributed by atoms with Gasteiger partial charge >= 0.3 is 12.3 Å². The average Bonchev–Trinajstić information content (AvgIpc) is 2.67. The minimum atomic E-state index is -4.47. The molecule has 0 aliphatic carbocycles. The number of hydrogen-bond donors (Lipinski definition) is 0. The fraction of sp³-hybridized carbons (Fsp3) is 0.385. The van der Waals surface area contributed by atoms with E-state index in [2.05, 4.69) is 5.10 Å². The van der Waals surface area contributed by atoms with Crippen molar-refractivity contribution in [1.82, 2.24) is 9.78 Å². The molecule has 0 radical (unpaired) electrons. The third-order valence-corrected chi connectivity index (χ3v) is 2.46. The van der Waals surface area contributed by atoms with Crippen LogP contribution in [0.25, 0.3) is 10.9 Å². The van der Waals surface area contributed by atoms with Crippen molar-refractivity contribution in [2.45, 2.75) is 32.5 Å². The highest BCUT2D eigenvalue weighted by Gasteiger charge is 2.31. The Balaban J connectivity index is 2.47. The number of carbonyl (C=O) groups excluding carboxylic acids is 1. The molecule has 0 spiro atoms. The molecule has 0 aliphatic heterocycles. The quantitative estimate of drug-likeness (QED) is 0.739. The largest absolute Gasteiger partial charge is 0.442 e. The van der Waals surface area contributed by atoms with Crippen LogP contribution in [0, 0.1) is 0 Å². The molecule has 0 atom stereocenters. The molecule has 108 valence electrons.